The van der Waals surface area contributed by atoms with Gasteiger partial charge in [0.1, 0.15) is 17.7 Å². The predicted octanol–water partition coefficient (Wildman–Crippen LogP) is 4.83. The van der Waals surface area contributed by atoms with Crippen LogP contribution in [0.15, 0.2) is 40.9 Å². The molecule has 112 valence electrons. The molecule has 0 amide bonds. The van der Waals surface area contributed by atoms with Gasteiger partial charge in [-0.2, -0.15) is 13.2 Å². The van der Waals surface area contributed by atoms with E-state index in [1.807, 2.05) is 0 Å². The van der Waals surface area contributed by atoms with Crippen molar-refractivity contribution < 1.29 is 27.1 Å². The van der Waals surface area contributed by atoms with E-state index >= 15 is 0 Å². The van der Waals surface area contributed by atoms with E-state index in [0.29, 0.717) is 6.07 Å². The molecule has 0 aromatic heterocycles. The van der Waals surface area contributed by atoms with E-state index in [0.717, 1.165) is 30.3 Å². The van der Waals surface area contributed by atoms with Gasteiger partial charge in [0, 0.05) is 10.0 Å². The van der Waals surface area contributed by atoms with Crippen LogP contribution in [0.2, 0.25) is 0 Å². The molecular weight excluding hydrogens is 359 g/mol. The van der Waals surface area contributed by atoms with Crippen molar-refractivity contribution in [1.29, 1.82) is 0 Å². The predicted molar refractivity (Wildman–Crippen MR) is 69.6 cm³/mol. The largest absolute Gasteiger partial charge is 0.416 e. The fraction of sp³-hybridized carbons (Fsp3) is 0.143. The van der Waals surface area contributed by atoms with Crippen molar-refractivity contribution in [2.45, 2.75) is 12.3 Å². The van der Waals surface area contributed by atoms with Crippen molar-refractivity contribution in [2.24, 2.45) is 0 Å². The summed E-state index contributed by atoms with van der Waals surface area (Å²) in [7, 11) is 0. The number of hydrogen-bond donors (Lipinski definition) is 1. The number of rotatable bonds is 2. The zero-order valence-electron chi connectivity index (χ0n) is 10.3. The topological polar surface area (TPSA) is 20.2 Å². The van der Waals surface area contributed by atoms with E-state index < -0.39 is 35.0 Å². The minimum Gasteiger partial charge on any atom is -0.384 e. The van der Waals surface area contributed by atoms with Crippen LogP contribution in [0.3, 0.4) is 0 Å². The van der Waals surface area contributed by atoms with Crippen LogP contribution in [0, 0.1) is 11.6 Å². The Hall–Kier alpha value is -1.47. The maximum absolute atomic E-state index is 13.6. The average molecular weight is 367 g/mol. The third-order valence-electron chi connectivity index (χ3n) is 2.87. The molecule has 1 unspecified atom stereocenters. The van der Waals surface area contributed by atoms with Gasteiger partial charge in [0.05, 0.1) is 5.56 Å². The Morgan fingerprint density at radius 3 is 2.24 bits per heavy atom. The molecule has 0 aliphatic carbocycles. The van der Waals surface area contributed by atoms with Gasteiger partial charge in [0.2, 0.25) is 0 Å². The summed E-state index contributed by atoms with van der Waals surface area (Å²) in [5, 5.41) is 10.1. The lowest BCUT2D eigenvalue weighted by Gasteiger charge is -2.16. The molecule has 0 bridgehead atoms. The van der Waals surface area contributed by atoms with E-state index in [1.54, 1.807) is 0 Å². The minimum atomic E-state index is -4.60. The Morgan fingerprint density at radius 1 is 0.952 bits per heavy atom. The summed E-state index contributed by atoms with van der Waals surface area (Å²) in [6.45, 7) is 0. The van der Waals surface area contributed by atoms with Crippen LogP contribution >= 0.6 is 15.9 Å². The summed E-state index contributed by atoms with van der Waals surface area (Å²) in [6.07, 6.45) is -6.33. The molecule has 7 heteroatoms. The molecule has 1 atom stereocenters. The maximum Gasteiger partial charge on any atom is 0.416 e. The second kappa shape index (κ2) is 5.73. The Bertz CT molecular complexity index is 669. The number of aliphatic hydroxyl groups excluding tert-OH is 1. The first-order valence-electron chi connectivity index (χ1n) is 5.70. The molecule has 0 spiro atoms. The zero-order valence-corrected chi connectivity index (χ0v) is 11.8. The van der Waals surface area contributed by atoms with Gasteiger partial charge in [-0.1, -0.05) is 15.9 Å². The number of hydrogen-bond acceptors (Lipinski definition) is 1. The van der Waals surface area contributed by atoms with Crippen LogP contribution in [-0.2, 0) is 6.18 Å². The van der Waals surface area contributed by atoms with Crippen molar-refractivity contribution in [2.75, 3.05) is 0 Å². The summed E-state index contributed by atoms with van der Waals surface area (Å²) in [4.78, 5) is 0. The number of benzene rings is 2. The lowest BCUT2D eigenvalue weighted by atomic mass is 9.99. The molecule has 0 saturated carbocycles. The van der Waals surface area contributed by atoms with Crippen molar-refractivity contribution >= 4 is 15.9 Å². The molecule has 2 aromatic carbocycles. The highest BCUT2D eigenvalue weighted by Crippen LogP contribution is 2.36. The normalized spacial score (nSPS) is 13.3. The molecule has 2 rings (SSSR count). The first-order chi connectivity index (χ1) is 9.70. The first-order valence-corrected chi connectivity index (χ1v) is 6.49. The van der Waals surface area contributed by atoms with Crippen LogP contribution < -0.4 is 0 Å². The van der Waals surface area contributed by atoms with Gasteiger partial charge in [-0.05, 0) is 42.0 Å². The molecule has 21 heavy (non-hydrogen) atoms. The fourth-order valence-electron chi connectivity index (χ4n) is 1.82. The standard InChI is InChI=1S/C14H8BrF5O/c15-11-3-1-7(14(18,19)20)5-9(11)13(21)10-6-8(16)2-4-12(10)17/h1-6,13,21H. The van der Waals surface area contributed by atoms with Crippen LogP contribution in [0.25, 0.3) is 0 Å². The van der Waals surface area contributed by atoms with Gasteiger partial charge in [0.25, 0.3) is 0 Å². The van der Waals surface area contributed by atoms with Gasteiger partial charge in [-0.15, -0.1) is 0 Å². The SMILES string of the molecule is OC(c1cc(F)ccc1F)c1cc(C(F)(F)F)ccc1Br. The number of alkyl halides is 3. The summed E-state index contributed by atoms with van der Waals surface area (Å²) in [6, 6.07) is 5.01. The molecule has 0 aliphatic heterocycles. The fourth-order valence-corrected chi connectivity index (χ4v) is 2.28. The van der Waals surface area contributed by atoms with E-state index in [4.69, 9.17) is 0 Å². The Morgan fingerprint density at radius 2 is 1.62 bits per heavy atom. The lowest BCUT2D eigenvalue weighted by Crippen LogP contribution is -2.09. The maximum atomic E-state index is 13.6. The van der Waals surface area contributed by atoms with Gasteiger partial charge >= 0.3 is 6.18 Å². The summed E-state index contributed by atoms with van der Waals surface area (Å²) < 4.78 is 64.9. The van der Waals surface area contributed by atoms with Crippen molar-refractivity contribution in [1.82, 2.24) is 0 Å². The molecule has 2 aromatic rings. The molecular formula is C14H8BrF5O. The van der Waals surface area contributed by atoms with E-state index in [1.165, 1.54) is 0 Å². The lowest BCUT2D eigenvalue weighted by molar-refractivity contribution is -0.137. The van der Waals surface area contributed by atoms with Crippen LogP contribution in [0.4, 0.5) is 22.0 Å². The minimum absolute atomic E-state index is 0.159. The Balaban J connectivity index is 2.52. The molecule has 0 aliphatic rings. The van der Waals surface area contributed by atoms with Crippen LogP contribution in [-0.4, -0.2) is 5.11 Å². The van der Waals surface area contributed by atoms with Gasteiger partial charge in [0.15, 0.2) is 0 Å². The third kappa shape index (κ3) is 3.41. The number of halogens is 6. The zero-order chi connectivity index (χ0) is 15.8. The Kier molecular flexibility index (Phi) is 4.34. The third-order valence-corrected chi connectivity index (χ3v) is 3.59. The molecule has 0 saturated heterocycles. The highest BCUT2D eigenvalue weighted by atomic mass is 79.9. The van der Waals surface area contributed by atoms with E-state index in [-0.39, 0.29) is 10.0 Å². The first kappa shape index (κ1) is 15.9. The molecule has 1 nitrogen and oxygen atoms in total. The van der Waals surface area contributed by atoms with E-state index in [9.17, 15) is 27.1 Å². The van der Waals surface area contributed by atoms with Crippen LogP contribution in [0.1, 0.15) is 22.8 Å². The quantitative estimate of drug-likeness (QED) is 0.755. The van der Waals surface area contributed by atoms with Gasteiger partial charge in [-0.3, -0.25) is 0 Å². The second-order valence-corrected chi connectivity index (χ2v) is 5.16. The highest BCUT2D eigenvalue weighted by molar-refractivity contribution is 9.10. The van der Waals surface area contributed by atoms with Crippen molar-refractivity contribution in [3.05, 3.63) is 69.2 Å². The van der Waals surface area contributed by atoms with Crippen molar-refractivity contribution in [3.8, 4) is 0 Å². The highest BCUT2D eigenvalue weighted by Gasteiger charge is 2.32. The summed E-state index contributed by atoms with van der Waals surface area (Å²) >= 11 is 2.99. The number of aliphatic hydroxyl groups is 1. The van der Waals surface area contributed by atoms with Gasteiger partial charge < -0.3 is 5.11 Å². The van der Waals surface area contributed by atoms with E-state index in [2.05, 4.69) is 15.9 Å². The monoisotopic (exact) mass is 366 g/mol. The summed E-state index contributed by atoms with van der Waals surface area (Å²) in [5.74, 6) is -1.71. The average Bonchev–Trinajstić information content (AvgIpc) is 2.40. The Labute approximate surface area is 125 Å². The summed E-state index contributed by atoms with van der Waals surface area (Å²) in [5.41, 5.74) is -1.62. The second-order valence-electron chi connectivity index (χ2n) is 4.30. The molecule has 0 heterocycles. The van der Waals surface area contributed by atoms with Crippen molar-refractivity contribution in [3.63, 3.8) is 0 Å². The van der Waals surface area contributed by atoms with Gasteiger partial charge in [-0.25, -0.2) is 8.78 Å². The molecule has 0 radical (unpaired) electrons. The smallest absolute Gasteiger partial charge is 0.384 e. The molecule has 1 N–H and O–H groups in total. The van der Waals surface area contributed by atoms with Crippen LogP contribution in [0.5, 0.6) is 0 Å². The molecule has 0 fully saturated rings.